The SMILES string of the molecule is COc1cccc(Cl)c1C(C(=O)O)N(C(C)=O)C1CC1. The molecule has 0 bridgehead atoms. The second kappa shape index (κ2) is 5.71. The number of benzene rings is 1. The molecule has 1 aliphatic rings. The first-order chi connectivity index (χ1) is 9.47. The normalized spacial score (nSPS) is 15.6. The first kappa shape index (κ1) is 14.7. The van der Waals surface area contributed by atoms with E-state index in [1.54, 1.807) is 18.2 Å². The third-order valence-electron chi connectivity index (χ3n) is 3.32. The van der Waals surface area contributed by atoms with E-state index in [1.807, 2.05) is 0 Å². The maximum Gasteiger partial charge on any atom is 0.331 e. The van der Waals surface area contributed by atoms with Gasteiger partial charge in [-0.2, -0.15) is 0 Å². The Kier molecular flexibility index (Phi) is 4.18. The number of ether oxygens (including phenoxy) is 1. The summed E-state index contributed by atoms with van der Waals surface area (Å²) in [7, 11) is 1.45. The molecule has 1 N–H and O–H groups in total. The van der Waals surface area contributed by atoms with Gasteiger partial charge in [0.15, 0.2) is 6.04 Å². The van der Waals surface area contributed by atoms with Crippen molar-refractivity contribution in [2.45, 2.75) is 31.8 Å². The van der Waals surface area contributed by atoms with Crippen LogP contribution in [-0.2, 0) is 9.59 Å². The van der Waals surface area contributed by atoms with Crippen LogP contribution in [0.2, 0.25) is 5.02 Å². The summed E-state index contributed by atoms with van der Waals surface area (Å²) in [5, 5.41) is 9.84. The Hall–Kier alpha value is -1.75. The number of hydrogen-bond donors (Lipinski definition) is 1. The summed E-state index contributed by atoms with van der Waals surface area (Å²) < 4.78 is 5.20. The van der Waals surface area contributed by atoms with Crippen LogP contribution in [0.4, 0.5) is 0 Å². The topological polar surface area (TPSA) is 66.8 Å². The zero-order chi connectivity index (χ0) is 14.9. The molecular formula is C14H16ClNO4. The Morgan fingerprint density at radius 2 is 2.10 bits per heavy atom. The number of aliphatic carboxylic acids is 1. The Bertz CT molecular complexity index is 542. The third kappa shape index (κ3) is 2.72. The lowest BCUT2D eigenvalue weighted by Gasteiger charge is -2.29. The van der Waals surface area contributed by atoms with Crippen molar-refractivity contribution in [2.24, 2.45) is 0 Å². The Morgan fingerprint density at radius 3 is 2.55 bits per heavy atom. The van der Waals surface area contributed by atoms with E-state index in [2.05, 4.69) is 0 Å². The van der Waals surface area contributed by atoms with Crippen LogP contribution in [0.1, 0.15) is 31.4 Å². The molecule has 0 spiro atoms. The zero-order valence-electron chi connectivity index (χ0n) is 11.3. The van der Waals surface area contributed by atoms with Crippen molar-refractivity contribution in [1.29, 1.82) is 0 Å². The molecule has 2 rings (SSSR count). The van der Waals surface area contributed by atoms with Crippen molar-refractivity contribution >= 4 is 23.5 Å². The molecule has 1 unspecified atom stereocenters. The number of halogens is 1. The molecule has 1 aromatic carbocycles. The lowest BCUT2D eigenvalue weighted by atomic mass is 10.0. The summed E-state index contributed by atoms with van der Waals surface area (Å²) in [6.45, 7) is 1.37. The first-order valence-corrected chi connectivity index (χ1v) is 6.69. The van der Waals surface area contributed by atoms with Gasteiger partial charge in [-0.05, 0) is 25.0 Å². The van der Waals surface area contributed by atoms with Gasteiger partial charge >= 0.3 is 5.97 Å². The van der Waals surface area contributed by atoms with Crippen molar-refractivity contribution in [3.05, 3.63) is 28.8 Å². The average molecular weight is 298 g/mol. The van der Waals surface area contributed by atoms with Gasteiger partial charge in [0.2, 0.25) is 5.91 Å². The lowest BCUT2D eigenvalue weighted by molar-refractivity contribution is -0.150. The molecule has 20 heavy (non-hydrogen) atoms. The number of amides is 1. The minimum atomic E-state index is -1.12. The highest BCUT2D eigenvalue weighted by atomic mass is 35.5. The predicted octanol–water partition coefficient (Wildman–Crippen LogP) is 2.49. The Labute approximate surface area is 122 Å². The van der Waals surface area contributed by atoms with Gasteiger partial charge in [-0.25, -0.2) is 4.79 Å². The van der Waals surface area contributed by atoms with Gasteiger partial charge in [-0.3, -0.25) is 4.79 Å². The lowest BCUT2D eigenvalue weighted by Crippen LogP contribution is -2.39. The number of methoxy groups -OCH3 is 1. The summed E-state index contributed by atoms with van der Waals surface area (Å²) >= 11 is 6.14. The number of nitrogens with zero attached hydrogens (tertiary/aromatic N) is 1. The molecule has 0 radical (unpaired) electrons. The van der Waals surface area contributed by atoms with Crippen molar-refractivity contribution < 1.29 is 19.4 Å². The first-order valence-electron chi connectivity index (χ1n) is 6.31. The quantitative estimate of drug-likeness (QED) is 0.906. The molecule has 0 heterocycles. The number of carboxylic acid groups (broad SMARTS) is 1. The molecule has 5 nitrogen and oxygen atoms in total. The van der Waals surface area contributed by atoms with Crippen LogP contribution < -0.4 is 4.74 Å². The van der Waals surface area contributed by atoms with Crippen molar-refractivity contribution in [2.75, 3.05) is 7.11 Å². The van der Waals surface area contributed by atoms with Crippen LogP contribution in [0.5, 0.6) is 5.75 Å². The van der Waals surface area contributed by atoms with Crippen LogP contribution >= 0.6 is 11.6 Å². The summed E-state index contributed by atoms with van der Waals surface area (Å²) in [6.07, 6.45) is 1.63. The van der Waals surface area contributed by atoms with E-state index in [0.29, 0.717) is 11.3 Å². The van der Waals surface area contributed by atoms with E-state index in [0.717, 1.165) is 12.8 Å². The zero-order valence-corrected chi connectivity index (χ0v) is 12.1. The van der Waals surface area contributed by atoms with E-state index in [4.69, 9.17) is 16.3 Å². The summed E-state index contributed by atoms with van der Waals surface area (Å²) in [5.41, 5.74) is 0.325. The van der Waals surface area contributed by atoms with Gasteiger partial charge in [0.05, 0.1) is 12.1 Å². The molecule has 0 aliphatic heterocycles. The molecule has 1 fully saturated rings. The van der Waals surface area contributed by atoms with Gasteiger partial charge < -0.3 is 14.7 Å². The van der Waals surface area contributed by atoms with Crippen LogP contribution in [-0.4, -0.2) is 35.0 Å². The number of carbonyl (C=O) groups is 2. The number of rotatable bonds is 5. The minimum Gasteiger partial charge on any atom is -0.496 e. The highest BCUT2D eigenvalue weighted by Crippen LogP contribution is 2.40. The minimum absolute atomic E-state index is 0.0328. The van der Waals surface area contributed by atoms with Crippen molar-refractivity contribution in [3.8, 4) is 5.75 Å². The third-order valence-corrected chi connectivity index (χ3v) is 3.65. The second-order valence-corrected chi connectivity index (χ2v) is 5.16. The largest absolute Gasteiger partial charge is 0.496 e. The molecule has 1 amide bonds. The van der Waals surface area contributed by atoms with E-state index in [9.17, 15) is 14.7 Å². The predicted molar refractivity (Wildman–Crippen MR) is 73.9 cm³/mol. The molecule has 1 atom stereocenters. The Balaban J connectivity index is 2.53. The van der Waals surface area contributed by atoms with Gasteiger partial charge in [0, 0.05) is 18.5 Å². The fourth-order valence-electron chi connectivity index (χ4n) is 2.34. The molecule has 108 valence electrons. The van der Waals surface area contributed by atoms with E-state index >= 15 is 0 Å². The summed E-state index contributed by atoms with van der Waals surface area (Å²) in [5.74, 6) is -1.02. The number of carboxylic acids is 1. The second-order valence-electron chi connectivity index (χ2n) is 4.75. The fourth-order valence-corrected chi connectivity index (χ4v) is 2.61. The molecule has 0 aromatic heterocycles. The van der Waals surface area contributed by atoms with E-state index < -0.39 is 12.0 Å². The molecule has 1 aromatic rings. The van der Waals surface area contributed by atoms with Gasteiger partial charge in [0.1, 0.15) is 5.75 Å². The molecule has 0 saturated heterocycles. The maximum atomic E-state index is 11.8. The highest BCUT2D eigenvalue weighted by molar-refractivity contribution is 6.31. The molecule has 6 heteroatoms. The van der Waals surface area contributed by atoms with Crippen molar-refractivity contribution in [3.63, 3.8) is 0 Å². The average Bonchev–Trinajstić information content (AvgIpc) is 3.19. The van der Waals surface area contributed by atoms with Gasteiger partial charge in [-0.1, -0.05) is 17.7 Å². The van der Waals surface area contributed by atoms with Crippen molar-refractivity contribution in [1.82, 2.24) is 4.90 Å². The Morgan fingerprint density at radius 1 is 1.45 bits per heavy atom. The van der Waals surface area contributed by atoms with Crippen LogP contribution in [0.25, 0.3) is 0 Å². The number of carbonyl (C=O) groups excluding carboxylic acids is 1. The molecule has 1 saturated carbocycles. The fraction of sp³-hybridized carbons (Fsp3) is 0.429. The standard InChI is InChI=1S/C14H16ClNO4/c1-8(17)16(9-6-7-9)13(14(18)19)12-10(15)4-3-5-11(12)20-2/h3-5,9,13H,6-7H2,1-2H3,(H,18,19). The summed E-state index contributed by atoms with van der Waals surface area (Å²) in [6, 6.07) is 3.76. The molecular weight excluding hydrogens is 282 g/mol. The van der Waals surface area contributed by atoms with Crippen LogP contribution in [0.3, 0.4) is 0 Å². The van der Waals surface area contributed by atoms with Crippen LogP contribution in [0.15, 0.2) is 18.2 Å². The van der Waals surface area contributed by atoms with E-state index in [1.165, 1.54) is 18.9 Å². The monoisotopic (exact) mass is 297 g/mol. The van der Waals surface area contributed by atoms with Gasteiger partial charge in [0.25, 0.3) is 0 Å². The summed E-state index contributed by atoms with van der Waals surface area (Å²) in [4.78, 5) is 24.9. The smallest absolute Gasteiger partial charge is 0.331 e. The van der Waals surface area contributed by atoms with Gasteiger partial charge in [-0.15, -0.1) is 0 Å². The number of hydrogen-bond acceptors (Lipinski definition) is 3. The van der Waals surface area contributed by atoms with E-state index in [-0.39, 0.29) is 17.0 Å². The molecule has 1 aliphatic carbocycles. The highest BCUT2D eigenvalue weighted by Gasteiger charge is 2.41. The van der Waals surface area contributed by atoms with Crippen LogP contribution in [0, 0.1) is 0 Å². The maximum absolute atomic E-state index is 11.8.